The van der Waals surface area contributed by atoms with E-state index in [-0.39, 0.29) is 17.9 Å². The second kappa shape index (κ2) is 6.63. The van der Waals surface area contributed by atoms with Crippen LogP contribution in [-0.2, 0) is 16.1 Å². The van der Waals surface area contributed by atoms with Crippen molar-refractivity contribution in [3.05, 3.63) is 34.3 Å². The van der Waals surface area contributed by atoms with E-state index in [1.807, 2.05) is 31.2 Å². The van der Waals surface area contributed by atoms with Crippen molar-refractivity contribution in [3.63, 3.8) is 0 Å². The van der Waals surface area contributed by atoms with Crippen LogP contribution in [0.4, 0.5) is 0 Å². The van der Waals surface area contributed by atoms with E-state index in [2.05, 4.69) is 21.2 Å². The smallest absolute Gasteiger partial charge is 0.245 e. The van der Waals surface area contributed by atoms with Crippen molar-refractivity contribution >= 4 is 27.7 Å². The number of hydrogen-bond donors (Lipinski definition) is 1. The van der Waals surface area contributed by atoms with E-state index >= 15 is 0 Å². The predicted octanol–water partition coefficient (Wildman–Crippen LogP) is 3.39. The first kappa shape index (κ1) is 16.5. The second-order valence-electron chi connectivity index (χ2n) is 6.84. The highest BCUT2D eigenvalue weighted by Crippen LogP contribution is 2.33. The predicted molar refractivity (Wildman–Crippen MR) is 92.7 cm³/mol. The Morgan fingerprint density at radius 3 is 2.83 bits per heavy atom. The molecular weight excluding hydrogens is 356 g/mol. The van der Waals surface area contributed by atoms with Crippen molar-refractivity contribution in [2.45, 2.75) is 63.6 Å². The number of halogens is 1. The summed E-state index contributed by atoms with van der Waals surface area (Å²) < 4.78 is 0.985. The van der Waals surface area contributed by atoms with Crippen molar-refractivity contribution in [1.29, 1.82) is 0 Å². The zero-order chi connectivity index (χ0) is 16.4. The summed E-state index contributed by atoms with van der Waals surface area (Å²) in [5.41, 5.74) is 0.302. The number of likely N-dealkylation sites (tertiary alicyclic amines) is 1. The Morgan fingerprint density at radius 1 is 1.39 bits per heavy atom. The molecule has 5 heteroatoms. The molecule has 23 heavy (non-hydrogen) atoms. The molecule has 1 saturated carbocycles. The van der Waals surface area contributed by atoms with Crippen LogP contribution in [0.15, 0.2) is 28.7 Å². The number of carbonyl (C=O) groups is 2. The molecule has 0 aromatic heterocycles. The Bertz CT molecular complexity index is 613. The summed E-state index contributed by atoms with van der Waals surface area (Å²) in [7, 11) is 0. The van der Waals surface area contributed by atoms with Crippen LogP contribution in [-0.4, -0.2) is 28.3 Å². The highest BCUT2D eigenvalue weighted by atomic mass is 79.9. The third kappa shape index (κ3) is 3.44. The Labute approximate surface area is 145 Å². The lowest BCUT2D eigenvalue weighted by molar-refractivity contribution is -0.141. The standard InChI is InChI=1S/C18H23BrN2O2/c1-18(17(23)20-15-7-2-3-8-15)10-9-16(22)21(18)12-13-5-4-6-14(19)11-13/h4-6,11,15H,2-3,7-10,12H2,1H3,(H,20,23). The van der Waals surface area contributed by atoms with Crippen LogP contribution in [0.3, 0.4) is 0 Å². The molecule has 1 atom stereocenters. The third-order valence-electron chi connectivity index (χ3n) is 5.13. The Kier molecular flexibility index (Phi) is 4.76. The fourth-order valence-electron chi connectivity index (χ4n) is 3.62. The lowest BCUT2D eigenvalue weighted by atomic mass is 9.96. The zero-order valence-corrected chi connectivity index (χ0v) is 15.1. The molecule has 1 aliphatic heterocycles. The first-order valence-electron chi connectivity index (χ1n) is 8.35. The summed E-state index contributed by atoms with van der Waals surface area (Å²) in [5.74, 6) is 0.0688. The lowest BCUT2D eigenvalue weighted by Crippen LogP contribution is -2.55. The van der Waals surface area contributed by atoms with Gasteiger partial charge >= 0.3 is 0 Å². The summed E-state index contributed by atoms with van der Waals surface area (Å²) in [6.07, 6.45) is 5.52. The Morgan fingerprint density at radius 2 is 2.13 bits per heavy atom. The SMILES string of the molecule is CC1(C(=O)NC2CCCC2)CCC(=O)N1Cc1cccc(Br)c1. The van der Waals surface area contributed by atoms with Crippen LogP contribution in [0.5, 0.6) is 0 Å². The van der Waals surface area contributed by atoms with Gasteiger partial charge in [0.15, 0.2) is 0 Å². The first-order chi connectivity index (χ1) is 11.0. The monoisotopic (exact) mass is 378 g/mol. The quantitative estimate of drug-likeness (QED) is 0.872. The van der Waals surface area contributed by atoms with Gasteiger partial charge in [0.1, 0.15) is 5.54 Å². The lowest BCUT2D eigenvalue weighted by Gasteiger charge is -2.35. The fraction of sp³-hybridized carbons (Fsp3) is 0.556. The fourth-order valence-corrected chi connectivity index (χ4v) is 4.07. The largest absolute Gasteiger partial charge is 0.351 e. The molecule has 1 aliphatic carbocycles. The van der Waals surface area contributed by atoms with Crippen molar-refractivity contribution < 1.29 is 9.59 Å². The van der Waals surface area contributed by atoms with Gasteiger partial charge in [-0.1, -0.05) is 40.9 Å². The van der Waals surface area contributed by atoms with Gasteiger partial charge in [-0.15, -0.1) is 0 Å². The second-order valence-corrected chi connectivity index (χ2v) is 7.75. The average Bonchev–Trinajstić information content (AvgIpc) is 3.12. The van der Waals surface area contributed by atoms with E-state index in [4.69, 9.17) is 0 Å². The van der Waals surface area contributed by atoms with Crippen molar-refractivity contribution in [2.75, 3.05) is 0 Å². The van der Waals surface area contributed by atoms with Crippen LogP contribution in [0.2, 0.25) is 0 Å². The minimum atomic E-state index is -0.734. The maximum absolute atomic E-state index is 12.8. The number of nitrogens with one attached hydrogen (secondary N) is 1. The summed E-state index contributed by atoms with van der Waals surface area (Å²) in [6.45, 7) is 2.38. The number of hydrogen-bond acceptors (Lipinski definition) is 2. The number of nitrogens with zero attached hydrogens (tertiary/aromatic N) is 1. The van der Waals surface area contributed by atoms with E-state index in [1.165, 1.54) is 12.8 Å². The molecule has 1 saturated heterocycles. The molecule has 1 N–H and O–H groups in total. The van der Waals surface area contributed by atoms with Crippen LogP contribution in [0.1, 0.15) is 51.0 Å². The van der Waals surface area contributed by atoms with E-state index < -0.39 is 5.54 Å². The highest BCUT2D eigenvalue weighted by molar-refractivity contribution is 9.10. The van der Waals surface area contributed by atoms with Gasteiger partial charge in [0.25, 0.3) is 0 Å². The number of amides is 2. The molecule has 1 unspecified atom stereocenters. The van der Waals surface area contributed by atoms with Gasteiger partial charge < -0.3 is 10.2 Å². The van der Waals surface area contributed by atoms with Crippen molar-refractivity contribution in [1.82, 2.24) is 10.2 Å². The van der Waals surface area contributed by atoms with Gasteiger partial charge in [0.2, 0.25) is 11.8 Å². The van der Waals surface area contributed by atoms with Crippen LogP contribution < -0.4 is 5.32 Å². The van der Waals surface area contributed by atoms with E-state index in [0.29, 0.717) is 19.4 Å². The molecule has 1 aromatic carbocycles. The molecule has 4 nitrogen and oxygen atoms in total. The summed E-state index contributed by atoms with van der Waals surface area (Å²) >= 11 is 3.46. The van der Waals surface area contributed by atoms with Gasteiger partial charge in [-0.3, -0.25) is 9.59 Å². The first-order valence-corrected chi connectivity index (χ1v) is 9.14. The van der Waals surface area contributed by atoms with E-state index in [1.54, 1.807) is 4.90 Å². The molecule has 0 radical (unpaired) electrons. The van der Waals surface area contributed by atoms with Gasteiger partial charge in [0.05, 0.1) is 0 Å². The van der Waals surface area contributed by atoms with Crippen molar-refractivity contribution in [3.8, 4) is 0 Å². The molecule has 3 rings (SSSR count). The van der Waals surface area contributed by atoms with Crippen LogP contribution >= 0.6 is 15.9 Å². The molecule has 2 amide bonds. The average molecular weight is 379 g/mol. The number of benzene rings is 1. The molecule has 1 aromatic rings. The topological polar surface area (TPSA) is 49.4 Å². The van der Waals surface area contributed by atoms with E-state index in [0.717, 1.165) is 22.9 Å². The highest BCUT2D eigenvalue weighted by Gasteiger charge is 2.47. The summed E-state index contributed by atoms with van der Waals surface area (Å²) in [4.78, 5) is 26.9. The molecular formula is C18H23BrN2O2. The van der Waals surface area contributed by atoms with E-state index in [9.17, 15) is 9.59 Å². The number of carbonyl (C=O) groups excluding carboxylic acids is 2. The molecule has 1 heterocycles. The summed E-state index contributed by atoms with van der Waals surface area (Å²) in [5, 5.41) is 3.17. The minimum absolute atomic E-state index is 0.00486. The Hall–Kier alpha value is -1.36. The van der Waals surface area contributed by atoms with Crippen LogP contribution in [0, 0.1) is 0 Å². The summed E-state index contributed by atoms with van der Waals surface area (Å²) in [6, 6.07) is 8.19. The maximum Gasteiger partial charge on any atom is 0.245 e. The maximum atomic E-state index is 12.8. The van der Waals surface area contributed by atoms with Gasteiger partial charge in [-0.2, -0.15) is 0 Å². The number of rotatable bonds is 4. The van der Waals surface area contributed by atoms with Crippen LogP contribution in [0.25, 0.3) is 0 Å². The molecule has 0 bridgehead atoms. The molecule has 2 fully saturated rings. The molecule has 124 valence electrons. The normalized spacial score (nSPS) is 25.1. The zero-order valence-electron chi connectivity index (χ0n) is 13.5. The van der Waals surface area contributed by atoms with Gasteiger partial charge in [-0.25, -0.2) is 0 Å². The Balaban J connectivity index is 1.76. The minimum Gasteiger partial charge on any atom is -0.351 e. The van der Waals surface area contributed by atoms with Gasteiger partial charge in [0, 0.05) is 23.5 Å². The third-order valence-corrected chi connectivity index (χ3v) is 5.62. The molecule has 0 spiro atoms. The van der Waals surface area contributed by atoms with Gasteiger partial charge in [-0.05, 0) is 43.9 Å². The van der Waals surface area contributed by atoms with Crippen molar-refractivity contribution in [2.24, 2.45) is 0 Å². The molecule has 2 aliphatic rings.